The van der Waals surface area contributed by atoms with Gasteiger partial charge in [-0.1, -0.05) is 35.9 Å². The summed E-state index contributed by atoms with van der Waals surface area (Å²) in [7, 11) is 0. The molecule has 3 aromatic rings. The summed E-state index contributed by atoms with van der Waals surface area (Å²) in [5.74, 6) is -0.403. The maximum atomic E-state index is 14.1. The van der Waals surface area contributed by atoms with Crippen LogP contribution in [0.1, 0.15) is 28.1 Å². The summed E-state index contributed by atoms with van der Waals surface area (Å²) in [6, 6.07) is 16.2. The zero-order valence-electron chi connectivity index (χ0n) is 14.8. The molecule has 0 amide bonds. The number of aromatic nitrogens is 1. The van der Waals surface area contributed by atoms with Crippen LogP contribution in [0.3, 0.4) is 0 Å². The third-order valence-electron chi connectivity index (χ3n) is 4.53. The molecule has 26 heavy (non-hydrogen) atoms. The molecule has 2 nitrogen and oxygen atoms in total. The molecule has 130 valence electrons. The van der Waals surface area contributed by atoms with Crippen molar-refractivity contribution in [3.63, 3.8) is 0 Å². The van der Waals surface area contributed by atoms with Gasteiger partial charge in [0.1, 0.15) is 5.82 Å². The average molecular weight is 365 g/mol. The van der Waals surface area contributed by atoms with Crippen LogP contribution in [0.4, 0.5) is 4.39 Å². The van der Waals surface area contributed by atoms with E-state index in [4.69, 9.17) is 11.6 Å². The SMILES string of the molecule is Cc1c(Cl)cccc1-n1c(C)cc(C=C(C#N)c2ccccc2F)c1C. The lowest BCUT2D eigenvalue weighted by molar-refractivity contribution is 0.624. The van der Waals surface area contributed by atoms with Gasteiger partial charge in [0.15, 0.2) is 0 Å². The second-order valence-electron chi connectivity index (χ2n) is 6.20. The van der Waals surface area contributed by atoms with E-state index in [0.717, 1.165) is 28.2 Å². The fraction of sp³-hybridized carbons (Fsp3) is 0.136. The van der Waals surface area contributed by atoms with Crippen LogP contribution < -0.4 is 0 Å². The van der Waals surface area contributed by atoms with Gasteiger partial charge < -0.3 is 4.57 Å². The van der Waals surface area contributed by atoms with E-state index >= 15 is 0 Å². The molecule has 0 fully saturated rings. The first-order chi connectivity index (χ1) is 12.4. The molecule has 0 radical (unpaired) electrons. The minimum absolute atomic E-state index is 0.297. The standard InChI is InChI=1S/C22H18ClFN2/c1-14-11-17(12-18(13-25)19-7-4-5-9-21(19)24)16(3)26(14)22-10-6-8-20(23)15(22)2/h4-12H,1-3H3. The van der Waals surface area contributed by atoms with Gasteiger partial charge in [0.2, 0.25) is 0 Å². The van der Waals surface area contributed by atoms with Gasteiger partial charge in [0.25, 0.3) is 0 Å². The Morgan fingerprint density at radius 1 is 1.12 bits per heavy atom. The van der Waals surface area contributed by atoms with E-state index in [9.17, 15) is 9.65 Å². The lowest BCUT2D eigenvalue weighted by Crippen LogP contribution is -2.01. The molecule has 0 aliphatic carbocycles. The van der Waals surface area contributed by atoms with Crippen molar-refractivity contribution in [1.29, 1.82) is 5.26 Å². The monoisotopic (exact) mass is 364 g/mol. The minimum Gasteiger partial charge on any atom is -0.318 e. The molecule has 0 N–H and O–H groups in total. The quantitative estimate of drug-likeness (QED) is 0.504. The van der Waals surface area contributed by atoms with E-state index in [2.05, 4.69) is 10.6 Å². The van der Waals surface area contributed by atoms with Gasteiger partial charge in [-0.3, -0.25) is 0 Å². The topological polar surface area (TPSA) is 28.7 Å². The molecule has 0 bridgehead atoms. The molecule has 0 unspecified atom stereocenters. The molecule has 0 spiro atoms. The first-order valence-electron chi connectivity index (χ1n) is 8.25. The number of benzene rings is 2. The molecular weight excluding hydrogens is 347 g/mol. The molecule has 1 aromatic heterocycles. The Hall–Kier alpha value is -2.83. The van der Waals surface area contributed by atoms with Crippen molar-refractivity contribution in [3.8, 4) is 11.8 Å². The van der Waals surface area contributed by atoms with Crippen LogP contribution in [-0.2, 0) is 0 Å². The highest BCUT2D eigenvalue weighted by Gasteiger charge is 2.14. The molecule has 0 saturated heterocycles. The molecule has 4 heteroatoms. The fourth-order valence-corrected chi connectivity index (χ4v) is 3.32. The molecule has 2 aromatic carbocycles. The van der Waals surface area contributed by atoms with Crippen LogP contribution in [0.2, 0.25) is 5.02 Å². The summed E-state index contributed by atoms with van der Waals surface area (Å²) in [6.45, 7) is 5.96. The van der Waals surface area contributed by atoms with Gasteiger partial charge in [0.05, 0.1) is 11.6 Å². The van der Waals surface area contributed by atoms with E-state index in [1.807, 2.05) is 45.0 Å². The highest BCUT2D eigenvalue weighted by molar-refractivity contribution is 6.31. The van der Waals surface area contributed by atoms with Gasteiger partial charge in [-0.15, -0.1) is 0 Å². The van der Waals surface area contributed by atoms with Gasteiger partial charge in [-0.25, -0.2) is 4.39 Å². The third-order valence-corrected chi connectivity index (χ3v) is 4.94. The summed E-state index contributed by atoms with van der Waals surface area (Å²) >= 11 is 6.27. The van der Waals surface area contributed by atoms with Crippen molar-refractivity contribution in [2.24, 2.45) is 0 Å². The van der Waals surface area contributed by atoms with Crippen LogP contribution in [0.15, 0.2) is 48.5 Å². The van der Waals surface area contributed by atoms with E-state index in [1.165, 1.54) is 6.07 Å². The first kappa shape index (κ1) is 18.0. The van der Waals surface area contributed by atoms with Crippen LogP contribution in [0.5, 0.6) is 0 Å². The Labute approximate surface area is 157 Å². The lowest BCUT2D eigenvalue weighted by atomic mass is 10.0. The molecule has 0 saturated carbocycles. The van der Waals surface area contributed by atoms with Crippen LogP contribution in [-0.4, -0.2) is 4.57 Å². The maximum absolute atomic E-state index is 14.1. The number of hydrogen-bond acceptors (Lipinski definition) is 1. The predicted molar refractivity (Wildman–Crippen MR) is 105 cm³/mol. The van der Waals surface area contributed by atoms with Crippen LogP contribution >= 0.6 is 11.6 Å². The number of nitrogens with zero attached hydrogens (tertiary/aromatic N) is 2. The highest BCUT2D eigenvalue weighted by atomic mass is 35.5. The van der Waals surface area contributed by atoms with E-state index in [0.29, 0.717) is 16.2 Å². The summed E-state index contributed by atoms with van der Waals surface area (Å²) < 4.78 is 16.2. The van der Waals surface area contributed by atoms with Crippen LogP contribution in [0.25, 0.3) is 17.3 Å². The zero-order valence-corrected chi connectivity index (χ0v) is 15.6. The van der Waals surface area contributed by atoms with E-state index in [-0.39, 0.29) is 0 Å². The molecule has 0 atom stereocenters. The number of halogens is 2. The summed E-state index contributed by atoms with van der Waals surface area (Å²) in [5, 5.41) is 10.2. The first-order valence-corrected chi connectivity index (χ1v) is 8.63. The molecule has 3 rings (SSSR count). The predicted octanol–water partition coefficient (Wildman–Crippen LogP) is 6.26. The Morgan fingerprint density at radius 3 is 2.54 bits per heavy atom. The Bertz CT molecular complexity index is 1050. The van der Waals surface area contributed by atoms with Crippen molar-refractivity contribution in [2.75, 3.05) is 0 Å². The summed E-state index contributed by atoms with van der Waals surface area (Å²) in [5.41, 5.74) is 5.45. The van der Waals surface area contributed by atoms with Crippen molar-refractivity contribution in [2.45, 2.75) is 20.8 Å². The van der Waals surface area contributed by atoms with Gasteiger partial charge in [-0.2, -0.15) is 5.26 Å². The third kappa shape index (κ3) is 3.16. The van der Waals surface area contributed by atoms with Gasteiger partial charge >= 0.3 is 0 Å². The van der Waals surface area contributed by atoms with E-state index < -0.39 is 5.82 Å². The number of rotatable bonds is 3. The maximum Gasteiger partial charge on any atom is 0.131 e. The number of aryl methyl sites for hydroxylation is 1. The van der Waals surface area contributed by atoms with Crippen molar-refractivity contribution < 1.29 is 4.39 Å². The number of allylic oxidation sites excluding steroid dienone is 1. The van der Waals surface area contributed by atoms with Crippen molar-refractivity contribution in [3.05, 3.63) is 87.4 Å². The van der Waals surface area contributed by atoms with Crippen molar-refractivity contribution >= 4 is 23.3 Å². The number of nitriles is 1. The second kappa shape index (κ2) is 7.19. The molecular formula is C22H18ClFN2. The van der Waals surface area contributed by atoms with E-state index in [1.54, 1.807) is 24.3 Å². The number of hydrogen-bond donors (Lipinski definition) is 0. The lowest BCUT2D eigenvalue weighted by Gasteiger charge is -2.13. The summed E-state index contributed by atoms with van der Waals surface area (Å²) in [4.78, 5) is 0. The normalized spacial score (nSPS) is 11.5. The van der Waals surface area contributed by atoms with Crippen molar-refractivity contribution in [1.82, 2.24) is 4.57 Å². The zero-order chi connectivity index (χ0) is 18.8. The minimum atomic E-state index is -0.403. The molecule has 0 aliphatic heterocycles. The Morgan fingerprint density at radius 2 is 1.85 bits per heavy atom. The second-order valence-corrected chi connectivity index (χ2v) is 6.60. The van der Waals surface area contributed by atoms with Gasteiger partial charge in [0, 0.05) is 27.7 Å². The summed E-state index contributed by atoms with van der Waals surface area (Å²) in [6.07, 6.45) is 1.73. The Kier molecular flexibility index (Phi) is 4.97. The highest BCUT2D eigenvalue weighted by Crippen LogP contribution is 2.29. The van der Waals surface area contributed by atoms with Gasteiger partial charge in [-0.05, 0) is 62.2 Å². The largest absolute Gasteiger partial charge is 0.318 e. The fourth-order valence-electron chi connectivity index (χ4n) is 3.15. The average Bonchev–Trinajstić information content (AvgIpc) is 2.90. The smallest absolute Gasteiger partial charge is 0.131 e. The molecule has 1 heterocycles. The molecule has 0 aliphatic rings. The van der Waals surface area contributed by atoms with Crippen LogP contribution in [0, 0.1) is 37.9 Å². The Balaban J connectivity index is 2.16.